The van der Waals surface area contributed by atoms with Crippen molar-refractivity contribution in [3.63, 3.8) is 0 Å². The summed E-state index contributed by atoms with van der Waals surface area (Å²) in [5.74, 6) is 0.746. The lowest BCUT2D eigenvalue weighted by atomic mass is 10.0. The molecule has 1 atom stereocenters. The first kappa shape index (κ1) is 22.3. The maximum Gasteiger partial charge on any atom is 0.178 e. The number of fused-ring (bicyclic) bond motifs is 1. The topological polar surface area (TPSA) is 71.4 Å². The Kier molecular flexibility index (Phi) is 6.18. The van der Waals surface area contributed by atoms with Gasteiger partial charge in [0.05, 0.1) is 11.7 Å². The predicted molar refractivity (Wildman–Crippen MR) is 137 cm³/mol. The number of hydrogen-bond donors (Lipinski definition) is 2. The predicted octanol–water partition coefficient (Wildman–Crippen LogP) is 5.64. The number of para-hydroxylation sites is 2. The molecule has 0 amide bonds. The number of rotatable bonds is 7. The lowest BCUT2D eigenvalue weighted by molar-refractivity contribution is 0.562. The third-order valence-electron chi connectivity index (χ3n) is 6.36. The number of hydrogen-bond acceptors (Lipinski definition) is 4. The lowest BCUT2D eigenvalue weighted by Gasteiger charge is -2.20. The Hall–Kier alpha value is -3.48. The molecule has 1 unspecified atom stereocenters. The number of benzene rings is 3. The van der Waals surface area contributed by atoms with E-state index in [0.717, 1.165) is 41.2 Å². The van der Waals surface area contributed by atoms with Crippen LogP contribution in [0.1, 0.15) is 39.8 Å². The number of nitrogens with one attached hydrogen (secondary N) is 2. The number of H-pyrrole nitrogens is 1. The molecular formula is C27H27ClN6. The quantitative estimate of drug-likeness (QED) is 0.322. The van der Waals surface area contributed by atoms with E-state index < -0.39 is 0 Å². The van der Waals surface area contributed by atoms with E-state index in [1.165, 1.54) is 22.2 Å². The molecule has 172 valence electrons. The van der Waals surface area contributed by atoms with Crippen molar-refractivity contribution in [1.29, 1.82) is 0 Å². The zero-order valence-corrected chi connectivity index (χ0v) is 20.3. The number of aryl methyl sites for hydroxylation is 3. The monoisotopic (exact) mass is 470 g/mol. The number of tetrazole rings is 1. The van der Waals surface area contributed by atoms with Gasteiger partial charge in [0.2, 0.25) is 0 Å². The van der Waals surface area contributed by atoms with E-state index in [-0.39, 0.29) is 6.04 Å². The molecule has 0 aliphatic heterocycles. The van der Waals surface area contributed by atoms with Crippen LogP contribution in [-0.2, 0) is 6.42 Å². The highest BCUT2D eigenvalue weighted by atomic mass is 35.5. The minimum Gasteiger partial charge on any atom is -0.358 e. The van der Waals surface area contributed by atoms with E-state index in [1.54, 1.807) is 0 Å². The standard InChI is InChI=1S/C27H27ClN6/c1-17-7-6-8-18(2)26(17)34-27(31-32-33-34)25(20-11-13-21(28)14-12-20)29-16-15-22-19(3)30-24-10-5-4-9-23(22)24/h4-14,25,29-30H,15-16H2,1-3H3. The van der Waals surface area contributed by atoms with Crippen LogP contribution in [0.3, 0.4) is 0 Å². The van der Waals surface area contributed by atoms with Gasteiger partial charge < -0.3 is 10.3 Å². The first-order valence-corrected chi connectivity index (χ1v) is 11.8. The molecular weight excluding hydrogens is 444 g/mol. The van der Waals surface area contributed by atoms with Crippen molar-refractivity contribution >= 4 is 22.5 Å². The van der Waals surface area contributed by atoms with Gasteiger partial charge in [-0.1, -0.05) is 60.1 Å². The van der Waals surface area contributed by atoms with Gasteiger partial charge in [0.1, 0.15) is 0 Å². The number of aromatic nitrogens is 5. The van der Waals surface area contributed by atoms with Gasteiger partial charge in [-0.3, -0.25) is 0 Å². The van der Waals surface area contributed by atoms with E-state index >= 15 is 0 Å². The first-order valence-electron chi connectivity index (χ1n) is 11.4. The van der Waals surface area contributed by atoms with E-state index in [2.05, 4.69) is 89.1 Å². The van der Waals surface area contributed by atoms with E-state index in [0.29, 0.717) is 5.02 Å². The Labute approximate surface area is 204 Å². The summed E-state index contributed by atoms with van der Waals surface area (Å²) >= 11 is 6.19. The van der Waals surface area contributed by atoms with Crippen LogP contribution >= 0.6 is 11.6 Å². The van der Waals surface area contributed by atoms with Gasteiger partial charge in [0.15, 0.2) is 5.82 Å². The Bertz CT molecular complexity index is 1410. The van der Waals surface area contributed by atoms with E-state index in [1.807, 2.05) is 28.9 Å². The van der Waals surface area contributed by atoms with E-state index in [9.17, 15) is 0 Å². The van der Waals surface area contributed by atoms with Crippen molar-refractivity contribution in [2.24, 2.45) is 0 Å². The van der Waals surface area contributed by atoms with Crippen LogP contribution in [0.15, 0.2) is 66.7 Å². The van der Waals surface area contributed by atoms with Crippen molar-refractivity contribution in [3.8, 4) is 5.69 Å². The van der Waals surface area contributed by atoms with Crippen LogP contribution in [0.4, 0.5) is 0 Å². The molecule has 6 nitrogen and oxygen atoms in total. The molecule has 0 radical (unpaired) electrons. The molecule has 0 spiro atoms. The Morgan fingerprint density at radius 1 is 0.941 bits per heavy atom. The summed E-state index contributed by atoms with van der Waals surface area (Å²) in [4.78, 5) is 3.49. The van der Waals surface area contributed by atoms with Gasteiger partial charge >= 0.3 is 0 Å². The summed E-state index contributed by atoms with van der Waals surface area (Å²) in [6, 6.07) is 22.3. The second-order valence-corrected chi connectivity index (χ2v) is 9.09. The van der Waals surface area contributed by atoms with Crippen LogP contribution in [0, 0.1) is 20.8 Å². The third kappa shape index (κ3) is 4.22. The molecule has 0 aliphatic rings. The van der Waals surface area contributed by atoms with Crippen LogP contribution in [-0.4, -0.2) is 31.7 Å². The van der Waals surface area contributed by atoms with Crippen LogP contribution in [0.5, 0.6) is 0 Å². The van der Waals surface area contributed by atoms with Crippen molar-refractivity contribution in [2.45, 2.75) is 33.2 Å². The second-order valence-electron chi connectivity index (χ2n) is 8.65. The minimum atomic E-state index is -0.197. The Morgan fingerprint density at radius 2 is 1.68 bits per heavy atom. The molecule has 2 heterocycles. The second kappa shape index (κ2) is 9.41. The molecule has 34 heavy (non-hydrogen) atoms. The molecule has 2 N–H and O–H groups in total. The first-order chi connectivity index (χ1) is 16.5. The highest BCUT2D eigenvalue weighted by Gasteiger charge is 2.23. The molecule has 0 fully saturated rings. The summed E-state index contributed by atoms with van der Waals surface area (Å²) < 4.78 is 1.86. The summed E-state index contributed by atoms with van der Waals surface area (Å²) in [5.41, 5.74) is 8.01. The fourth-order valence-electron chi connectivity index (χ4n) is 4.68. The summed E-state index contributed by atoms with van der Waals surface area (Å²) in [5, 5.41) is 18.6. The van der Waals surface area contributed by atoms with Crippen LogP contribution < -0.4 is 5.32 Å². The SMILES string of the molecule is Cc1cccc(C)c1-n1nnnc1C(NCCc1c(C)[nH]c2ccccc12)c1ccc(Cl)cc1. The molecule has 0 aliphatic carbocycles. The number of halogens is 1. The zero-order valence-electron chi connectivity index (χ0n) is 19.5. The minimum absolute atomic E-state index is 0.197. The third-order valence-corrected chi connectivity index (χ3v) is 6.61. The maximum atomic E-state index is 6.19. The van der Waals surface area contributed by atoms with Crippen molar-refractivity contribution in [1.82, 2.24) is 30.5 Å². The van der Waals surface area contributed by atoms with Gasteiger partial charge in [-0.15, -0.1) is 5.10 Å². The normalized spacial score (nSPS) is 12.4. The fourth-order valence-corrected chi connectivity index (χ4v) is 4.81. The van der Waals surface area contributed by atoms with Gasteiger partial charge in [-0.2, -0.15) is 4.68 Å². The molecule has 3 aromatic carbocycles. The van der Waals surface area contributed by atoms with E-state index in [4.69, 9.17) is 11.6 Å². The summed E-state index contributed by atoms with van der Waals surface area (Å²) in [7, 11) is 0. The zero-order chi connectivity index (χ0) is 23.7. The largest absolute Gasteiger partial charge is 0.358 e. The van der Waals surface area contributed by atoms with Gasteiger partial charge in [0, 0.05) is 28.2 Å². The highest BCUT2D eigenvalue weighted by molar-refractivity contribution is 6.30. The Balaban J connectivity index is 1.49. The Morgan fingerprint density at radius 3 is 2.44 bits per heavy atom. The number of nitrogens with zero attached hydrogens (tertiary/aromatic N) is 4. The summed E-state index contributed by atoms with van der Waals surface area (Å²) in [6.45, 7) is 7.06. The maximum absolute atomic E-state index is 6.19. The van der Waals surface area contributed by atoms with Crippen molar-refractivity contribution < 1.29 is 0 Å². The van der Waals surface area contributed by atoms with Crippen LogP contribution in [0.2, 0.25) is 5.02 Å². The van der Waals surface area contributed by atoms with Crippen LogP contribution in [0.25, 0.3) is 16.6 Å². The molecule has 5 rings (SSSR count). The molecule has 0 saturated carbocycles. The summed E-state index contributed by atoms with van der Waals surface area (Å²) in [6.07, 6.45) is 0.880. The molecule has 0 bridgehead atoms. The molecule has 2 aromatic heterocycles. The van der Waals surface area contributed by atoms with Crippen molar-refractivity contribution in [3.05, 3.63) is 106 Å². The van der Waals surface area contributed by atoms with Gasteiger partial charge in [0.25, 0.3) is 0 Å². The highest BCUT2D eigenvalue weighted by Crippen LogP contribution is 2.27. The lowest BCUT2D eigenvalue weighted by Crippen LogP contribution is -2.28. The average Bonchev–Trinajstić information content (AvgIpc) is 3.42. The molecule has 5 aromatic rings. The smallest absolute Gasteiger partial charge is 0.178 e. The number of aromatic amines is 1. The van der Waals surface area contributed by atoms with Crippen molar-refractivity contribution in [2.75, 3.05) is 6.54 Å². The molecule has 7 heteroatoms. The molecule has 0 saturated heterocycles. The fraction of sp³-hybridized carbons (Fsp3) is 0.222. The van der Waals surface area contributed by atoms with Gasteiger partial charge in [-0.05, 0) is 78.1 Å². The van der Waals surface area contributed by atoms with Gasteiger partial charge in [-0.25, -0.2) is 0 Å². The average molecular weight is 471 g/mol.